The van der Waals surface area contributed by atoms with E-state index in [9.17, 15) is 14.0 Å². The van der Waals surface area contributed by atoms with Crippen LogP contribution in [-0.2, 0) is 10.2 Å². The molecule has 3 aliphatic heterocycles. The Labute approximate surface area is 190 Å². The van der Waals surface area contributed by atoms with Crippen LogP contribution in [0, 0.1) is 18.2 Å². The third kappa shape index (κ3) is 4.21. The summed E-state index contributed by atoms with van der Waals surface area (Å²) < 4.78 is 14.2. The molecular formula is C25H33FN4O2. The van der Waals surface area contributed by atoms with Gasteiger partial charge in [-0.1, -0.05) is 0 Å². The van der Waals surface area contributed by atoms with E-state index in [1.165, 1.54) is 6.07 Å². The standard InChI is InChI=1S/C25H33FN4O2/c1-4-5-6-23(31)29-13-9-20(10-14-29)28-15-11-25(12-16-28)18-30(24(32)27(2)3)22-8-7-19(26)17-21(22)25/h1,7-8,17,20H,5-6,9-16,18H2,2-3H3. The summed E-state index contributed by atoms with van der Waals surface area (Å²) in [5, 5.41) is 0. The molecule has 0 atom stereocenters. The highest BCUT2D eigenvalue weighted by Gasteiger charge is 2.47. The molecule has 0 aromatic heterocycles. The van der Waals surface area contributed by atoms with Gasteiger partial charge in [-0.2, -0.15) is 0 Å². The van der Waals surface area contributed by atoms with Gasteiger partial charge >= 0.3 is 6.03 Å². The van der Waals surface area contributed by atoms with Crippen molar-refractivity contribution in [2.75, 3.05) is 51.7 Å². The van der Waals surface area contributed by atoms with E-state index in [1.807, 2.05) is 9.80 Å². The lowest BCUT2D eigenvalue weighted by Gasteiger charge is -2.45. The summed E-state index contributed by atoms with van der Waals surface area (Å²) in [5.74, 6) is 2.46. The smallest absolute Gasteiger partial charge is 0.323 e. The molecule has 1 spiro atoms. The predicted molar refractivity (Wildman–Crippen MR) is 123 cm³/mol. The number of rotatable bonds is 3. The molecule has 6 nitrogen and oxygen atoms in total. The quantitative estimate of drug-likeness (QED) is 0.679. The predicted octanol–water partition coefficient (Wildman–Crippen LogP) is 3.07. The van der Waals surface area contributed by atoms with Crippen LogP contribution in [0.3, 0.4) is 0 Å². The first-order valence-electron chi connectivity index (χ1n) is 11.6. The van der Waals surface area contributed by atoms with E-state index in [-0.39, 0.29) is 23.2 Å². The molecule has 0 radical (unpaired) electrons. The van der Waals surface area contributed by atoms with Crippen LogP contribution in [0.25, 0.3) is 0 Å². The number of terminal acetylenes is 1. The molecule has 2 fully saturated rings. The van der Waals surface area contributed by atoms with Gasteiger partial charge in [0.15, 0.2) is 0 Å². The Morgan fingerprint density at radius 2 is 1.88 bits per heavy atom. The molecular weight excluding hydrogens is 407 g/mol. The first-order valence-corrected chi connectivity index (χ1v) is 11.6. The van der Waals surface area contributed by atoms with Crippen LogP contribution in [0.15, 0.2) is 18.2 Å². The van der Waals surface area contributed by atoms with E-state index in [0.29, 0.717) is 25.4 Å². The van der Waals surface area contributed by atoms with Crippen molar-refractivity contribution in [2.24, 2.45) is 0 Å². The van der Waals surface area contributed by atoms with Crippen molar-refractivity contribution in [1.29, 1.82) is 0 Å². The molecule has 0 bridgehead atoms. The van der Waals surface area contributed by atoms with E-state index in [2.05, 4.69) is 10.8 Å². The number of fused-ring (bicyclic) bond motifs is 2. The zero-order valence-electron chi connectivity index (χ0n) is 19.1. The number of hydrogen-bond acceptors (Lipinski definition) is 3. The van der Waals surface area contributed by atoms with Gasteiger partial charge in [-0.3, -0.25) is 9.69 Å². The molecule has 3 aliphatic rings. The fourth-order valence-corrected chi connectivity index (χ4v) is 5.62. The van der Waals surface area contributed by atoms with Crippen LogP contribution in [0.1, 0.15) is 44.1 Å². The second-order valence-corrected chi connectivity index (χ2v) is 9.56. The van der Waals surface area contributed by atoms with Crippen LogP contribution < -0.4 is 4.90 Å². The normalized spacial score (nSPS) is 20.8. The van der Waals surface area contributed by atoms with Crippen LogP contribution in [-0.4, -0.2) is 79.5 Å². The highest BCUT2D eigenvalue weighted by atomic mass is 19.1. The number of carbonyl (C=O) groups excluding carboxylic acids is 2. The number of halogens is 1. The van der Waals surface area contributed by atoms with E-state index < -0.39 is 0 Å². The van der Waals surface area contributed by atoms with Gasteiger partial charge < -0.3 is 14.7 Å². The van der Waals surface area contributed by atoms with E-state index in [0.717, 1.165) is 63.1 Å². The number of benzene rings is 1. The highest BCUT2D eigenvalue weighted by Crippen LogP contribution is 2.48. The summed E-state index contributed by atoms with van der Waals surface area (Å²) in [5.41, 5.74) is 1.63. The molecule has 3 heterocycles. The third-order valence-corrected chi connectivity index (χ3v) is 7.47. The minimum atomic E-state index is -0.244. The highest BCUT2D eigenvalue weighted by molar-refractivity contribution is 5.95. The number of carbonyl (C=O) groups is 2. The summed E-state index contributed by atoms with van der Waals surface area (Å²) in [6.07, 6.45) is 9.98. The average molecular weight is 441 g/mol. The van der Waals surface area contributed by atoms with Gasteiger partial charge in [-0.05, 0) is 62.5 Å². The summed E-state index contributed by atoms with van der Waals surface area (Å²) in [6, 6.07) is 5.24. The zero-order chi connectivity index (χ0) is 22.9. The second-order valence-electron chi connectivity index (χ2n) is 9.56. The van der Waals surface area contributed by atoms with Gasteiger partial charge in [0.25, 0.3) is 0 Å². The van der Waals surface area contributed by atoms with Crippen molar-refractivity contribution in [1.82, 2.24) is 14.7 Å². The SMILES string of the molecule is C#CCCC(=O)N1CCC(N2CCC3(CC2)CN(C(=O)N(C)C)c2ccc(F)cc23)CC1. The number of hydrogen-bond donors (Lipinski definition) is 0. The largest absolute Gasteiger partial charge is 0.343 e. The third-order valence-electron chi connectivity index (χ3n) is 7.47. The summed E-state index contributed by atoms with van der Waals surface area (Å²) in [4.78, 5) is 32.9. The fourth-order valence-electron chi connectivity index (χ4n) is 5.62. The molecule has 172 valence electrons. The molecule has 1 aromatic carbocycles. The average Bonchev–Trinajstić information content (AvgIpc) is 3.10. The fraction of sp³-hybridized carbons (Fsp3) is 0.600. The van der Waals surface area contributed by atoms with Gasteiger partial charge in [0.2, 0.25) is 5.91 Å². The summed E-state index contributed by atoms with van der Waals surface area (Å²) >= 11 is 0. The van der Waals surface area contributed by atoms with E-state index >= 15 is 0 Å². The van der Waals surface area contributed by atoms with Crippen LogP contribution >= 0.6 is 0 Å². The van der Waals surface area contributed by atoms with Crippen molar-refractivity contribution in [2.45, 2.75) is 50.0 Å². The molecule has 2 saturated heterocycles. The Morgan fingerprint density at radius 1 is 1.19 bits per heavy atom. The molecule has 0 aliphatic carbocycles. The summed E-state index contributed by atoms with van der Waals surface area (Å²) in [6.45, 7) is 4.04. The maximum atomic E-state index is 14.2. The Balaban J connectivity index is 1.40. The molecule has 32 heavy (non-hydrogen) atoms. The Kier molecular flexibility index (Phi) is 6.43. The first-order chi connectivity index (χ1) is 15.3. The number of urea groups is 1. The first kappa shape index (κ1) is 22.6. The van der Waals surface area contributed by atoms with Gasteiger partial charge in [0.05, 0.1) is 0 Å². The zero-order valence-corrected chi connectivity index (χ0v) is 19.1. The monoisotopic (exact) mass is 440 g/mol. The minimum absolute atomic E-state index is 0.0564. The number of nitrogens with zero attached hydrogens (tertiary/aromatic N) is 4. The van der Waals surface area contributed by atoms with Gasteiger partial charge in [0.1, 0.15) is 5.82 Å². The van der Waals surface area contributed by atoms with Crippen molar-refractivity contribution in [3.05, 3.63) is 29.6 Å². The molecule has 1 aromatic rings. The Morgan fingerprint density at radius 3 is 2.50 bits per heavy atom. The van der Waals surface area contributed by atoms with Crippen molar-refractivity contribution in [3.63, 3.8) is 0 Å². The lowest BCUT2D eigenvalue weighted by atomic mass is 9.74. The Hall–Kier alpha value is -2.59. The van der Waals surface area contributed by atoms with Crippen molar-refractivity contribution < 1.29 is 14.0 Å². The van der Waals surface area contributed by atoms with Gasteiger partial charge in [-0.25, -0.2) is 9.18 Å². The van der Waals surface area contributed by atoms with Crippen LogP contribution in [0.5, 0.6) is 0 Å². The van der Waals surface area contributed by atoms with E-state index in [1.54, 1.807) is 31.1 Å². The second kappa shape index (κ2) is 9.11. The number of anilines is 1. The van der Waals surface area contributed by atoms with Gasteiger partial charge in [-0.15, -0.1) is 12.3 Å². The Bertz CT molecular complexity index is 909. The number of piperidine rings is 2. The lowest BCUT2D eigenvalue weighted by molar-refractivity contribution is -0.132. The maximum absolute atomic E-state index is 14.2. The van der Waals surface area contributed by atoms with Gasteiger partial charge in [0, 0.05) is 63.7 Å². The molecule has 4 rings (SSSR count). The topological polar surface area (TPSA) is 47.1 Å². The van der Waals surface area contributed by atoms with Crippen molar-refractivity contribution in [3.8, 4) is 12.3 Å². The molecule has 3 amide bonds. The molecule has 0 saturated carbocycles. The molecule has 0 unspecified atom stereocenters. The van der Waals surface area contributed by atoms with Crippen LogP contribution in [0.4, 0.5) is 14.9 Å². The molecule has 0 N–H and O–H groups in total. The van der Waals surface area contributed by atoms with Crippen molar-refractivity contribution >= 4 is 17.6 Å². The maximum Gasteiger partial charge on any atom is 0.323 e. The molecule has 7 heteroatoms. The lowest BCUT2D eigenvalue weighted by Crippen LogP contribution is -2.52. The number of likely N-dealkylation sites (tertiary alicyclic amines) is 2. The minimum Gasteiger partial charge on any atom is -0.343 e. The number of amides is 3. The summed E-state index contributed by atoms with van der Waals surface area (Å²) in [7, 11) is 3.51. The van der Waals surface area contributed by atoms with Crippen LogP contribution in [0.2, 0.25) is 0 Å². The van der Waals surface area contributed by atoms with E-state index in [4.69, 9.17) is 6.42 Å².